The van der Waals surface area contributed by atoms with Crippen LogP contribution >= 0.6 is 0 Å². The Bertz CT molecular complexity index is 866. The molecule has 1 heterocycles. The Kier molecular flexibility index (Phi) is 33.3. The van der Waals surface area contributed by atoms with Crippen molar-refractivity contribution in [2.24, 2.45) is 0 Å². The molecule has 1 aliphatic rings. The Morgan fingerprint density at radius 2 is 0.945 bits per heavy atom. The van der Waals surface area contributed by atoms with Gasteiger partial charge in [0.2, 0.25) is 5.91 Å². The number of ether oxygens (including phenoxy) is 2. The summed E-state index contributed by atoms with van der Waals surface area (Å²) in [5.41, 5.74) is 0. The van der Waals surface area contributed by atoms with Gasteiger partial charge in [-0.3, -0.25) is 4.79 Å². The van der Waals surface area contributed by atoms with Crippen LogP contribution < -0.4 is 5.32 Å². The van der Waals surface area contributed by atoms with Gasteiger partial charge in [-0.25, -0.2) is 0 Å². The summed E-state index contributed by atoms with van der Waals surface area (Å²) in [5, 5.41) is 75.6. The van der Waals surface area contributed by atoms with Gasteiger partial charge in [-0.15, -0.1) is 0 Å². The van der Waals surface area contributed by atoms with E-state index in [1.165, 1.54) is 128 Å². The second-order valence-corrected chi connectivity index (χ2v) is 16.5. The third kappa shape index (κ3) is 25.3. The summed E-state index contributed by atoms with van der Waals surface area (Å²) in [5.74, 6) is -0.694. The molecule has 0 aromatic rings. The van der Waals surface area contributed by atoms with Gasteiger partial charge >= 0.3 is 0 Å². The first-order valence-electron chi connectivity index (χ1n) is 22.9. The Balaban J connectivity index is 2.45. The zero-order valence-corrected chi connectivity index (χ0v) is 35.2. The zero-order chi connectivity index (χ0) is 40.5. The zero-order valence-electron chi connectivity index (χ0n) is 35.2. The first-order valence-corrected chi connectivity index (χ1v) is 22.9. The average Bonchev–Trinajstić information content (AvgIpc) is 3.18. The van der Waals surface area contributed by atoms with Crippen LogP contribution in [-0.2, 0) is 14.3 Å². The predicted molar refractivity (Wildman–Crippen MR) is 220 cm³/mol. The maximum absolute atomic E-state index is 13.1. The summed E-state index contributed by atoms with van der Waals surface area (Å²) in [6.07, 6.45) is 22.9. The van der Waals surface area contributed by atoms with E-state index in [0.29, 0.717) is 19.3 Å². The molecule has 0 bridgehead atoms. The van der Waals surface area contributed by atoms with Gasteiger partial charge in [0.05, 0.1) is 25.4 Å². The predicted octanol–water partition coefficient (Wildman–Crippen LogP) is 7.11. The number of carbonyl (C=O) groups excluding carboxylic acids is 1. The molecule has 1 amide bonds. The Morgan fingerprint density at radius 1 is 0.564 bits per heavy atom. The van der Waals surface area contributed by atoms with Crippen LogP contribution in [0.5, 0.6) is 0 Å². The summed E-state index contributed by atoms with van der Waals surface area (Å²) in [7, 11) is 0. The normalized spacial score (nSPS) is 22.4. The van der Waals surface area contributed by atoms with Crippen LogP contribution in [0.3, 0.4) is 0 Å². The van der Waals surface area contributed by atoms with Crippen molar-refractivity contribution in [2.75, 3.05) is 13.2 Å². The van der Waals surface area contributed by atoms with E-state index < -0.39 is 74.2 Å². The Labute approximate surface area is 335 Å². The highest BCUT2D eigenvalue weighted by atomic mass is 16.7. The number of aliphatic hydroxyl groups excluding tert-OH is 7. The number of hydrogen-bond donors (Lipinski definition) is 8. The van der Waals surface area contributed by atoms with E-state index in [2.05, 4.69) is 19.2 Å². The quantitative estimate of drug-likeness (QED) is 0.0300. The average molecular weight is 790 g/mol. The van der Waals surface area contributed by atoms with Gasteiger partial charge in [0.1, 0.15) is 36.6 Å². The van der Waals surface area contributed by atoms with Gasteiger partial charge in [0, 0.05) is 0 Å². The molecule has 328 valence electrons. The van der Waals surface area contributed by atoms with Gasteiger partial charge in [-0.1, -0.05) is 194 Å². The fourth-order valence-electron chi connectivity index (χ4n) is 7.56. The van der Waals surface area contributed by atoms with Gasteiger partial charge in [-0.2, -0.15) is 0 Å². The van der Waals surface area contributed by atoms with E-state index in [0.717, 1.165) is 38.5 Å². The van der Waals surface area contributed by atoms with E-state index in [4.69, 9.17) is 9.47 Å². The van der Waals surface area contributed by atoms with Crippen LogP contribution in [0.4, 0.5) is 0 Å². The number of amides is 1. The van der Waals surface area contributed by atoms with Crippen LogP contribution in [0.2, 0.25) is 0 Å². The van der Waals surface area contributed by atoms with Crippen molar-refractivity contribution in [2.45, 2.75) is 262 Å². The van der Waals surface area contributed by atoms with Gasteiger partial charge in [0.15, 0.2) is 6.29 Å². The highest BCUT2D eigenvalue weighted by Gasteiger charge is 2.44. The van der Waals surface area contributed by atoms with Crippen molar-refractivity contribution >= 4 is 5.91 Å². The Morgan fingerprint density at radius 3 is 1.35 bits per heavy atom. The number of hydrogen-bond acceptors (Lipinski definition) is 10. The highest BCUT2D eigenvalue weighted by molar-refractivity contribution is 5.80. The van der Waals surface area contributed by atoms with E-state index >= 15 is 0 Å². The van der Waals surface area contributed by atoms with Crippen LogP contribution in [-0.4, -0.2) is 110 Å². The van der Waals surface area contributed by atoms with Crippen molar-refractivity contribution in [3.05, 3.63) is 0 Å². The maximum atomic E-state index is 13.1. The lowest BCUT2D eigenvalue weighted by Crippen LogP contribution is -2.60. The second kappa shape index (κ2) is 35.1. The van der Waals surface area contributed by atoms with E-state index in [-0.39, 0.29) is 6.42 Å². The number of unbranched alkanes of at least 4 members (excludes halogenated alkanes) is 26. The van der Waals surface area contributed by atoms with Gasteiger partial charge in [-0.05, 0) is 12.8 Å². The number of rotatable bonds is 38. The molecule has 0 aliphatic carbocycles. The molecule has 9 atom stereocenters. The number of nitrogens with one attached hydrogen (secondary N) is 1. The van der Waals surface area contributed by atoms with E-state index in [1.807, 2.05) is 0 Å². The minimum atomic E-state index is -1.65. The fourth-order valence-corrected chi connectivity index (χ4v) is 7.56. The third-order valence-corrected chi connectivity index (χ3v) is 11.4. The van der Waals surface area contributed by atoms with Crippen molar-refractivity contribution in [1.82, 2.24) is 5.32 Å². The first-order chi connectivity index (χ1) is 26.7. The molecule has 0 radical (unpaired) electrons. The number of carbonyl (C=O) groups is 1. The van der Waals surface area contributed by atoms with Crippen molar-refractivity contribution in [3.63, 3.8) is 0 Å². The molecule has 0 saturated carbocycles. The summed E-state index contributed by atoms with van der Waals surface area (Å²) >= 11 is 0. The molecule has 0 aromatic heterocycles. The lowest BCUT2D eigenvalue weighted by Gasteiger charge is -2.40. The monoisotopic (exact) mass is 790 g/mol. The van der Waals surface area contributed by atoms with E-state index in [9.17, 15) is 40.5 Å². The fraction of sp³-hybridized carbons (Fsp3) is 0.977. The van der Waals surface area contributed by atoms with Crippen molar-refractivity contribution < 1.29 is 50.0 Å². The minimum absolute atomic E-state index is 0.266. The summed E-state index contributed by atoms with van der Waals surface area (Å²) < 4.78 is 11.1. The summed E-state index contributed by atoms with van der Waals surface area (Å²) in [4.78, 5) is 13.1. The molecule has 55 heavy (non-hydrogen) atoms. The maximum Gasteiger partial charge on any atom is 0.249 e. The van der Waals surface area contributed by atoms with Gasteiger partial charge in [0.25, 0.3) is 0 Å². The van der Waals surface area contributed by atoms with Crippen molar-refractivity contribution in [1.29, 1.82) is 0 Å². The summed E-state index contributed by atoms with van der Waals surface area (Å²) in [6.45, 7) is 3.44. The summed E-state index contributed by atoms with van der Waals surface area (Å²) in [6, 6.07) is -1.16. The molecular formula is C44H87NO10. The molecule has 11 heteroatoms. The molecular weight excluding hydrogens is 702 g/mol. The van der Waals surface area contributed by atoms with Gasteiger partial charge < -0.3 is 50.5 Å². The standard InChI is InChI=1S/C44H87NO10/c1-3-5-7-9-11-13-15-17-18-19-20-22-24-26-28-30-32-37(48)43(53)45-35(34-54-44-42(52)41(51)40(50)38(33-46)55-44)39(49)36(47)31-29-27-25-23-21-16-14-12-10-8-6-4-2/h35-42,44,46-52H,3-34H2,1-2H3,(H,45,53). The molecule has 0 aromatic carbocycles. The van der Waals surface area contributed by atoms with Crippen LogP contribution in [0, 0.1) is 0 Å². The van der Waals surface area contributed by atoms with Crippen LogP contribution in [0.25, 0.3) is 0 Å². The minimum Gasteiger partial charge on any atom is -0.394 e. The molecule has 9 unspecified atom stereocenters. The number of aliphatic hydroxyl groups is 7. The molecule has 1 saturated heterocycles. The molecule has 1 aliphatic heterocycles. The lowest BCUT2D eigenvalue weighted by molar-refractivity contribution is -0.303. The molecule has 8 N–H and O–H groups in total. The molecule has 11 nitrogen and oxygen atoms in total. The topological polar surface area (TPSA) is 189 Å². The first kappa shape index (κ1) is 52.1. The molecule has 0 spiro atoms. The van der Waals surface area contributed by atoms with Crippen molar-refractivity contribution in [3.8, 4) is 0 Å². The highest BCUT2D eigenvalue weighted by Crippen LogP contribution is 2.23. The van der Waals surface area contributed by atoms with E-state index in [1.54, 1.807) is 0 Å². The Hall–Kier alpha value is -0.890. The van der Waals surface area contributed by atoms with Crippen LogP contribution in [0.1, 0.15) is 206 Å². The SMILES string of the molecule is CCCCCCCCCCCCCCCCCCC(O)C(=O)NC(COC1OC(CO)C(O)C(O)C1O)C(O)C(O)CCCCCCCCCCCCCC. The third-order valence-electron chi connectivity index (χ3n) is 11.4. The molecule has 1 rings (SSSR count). The lowest BCUT2D eigenvalue weighted by atomic mass is 9.98. The smallest absolute Gasteiger partial charge is 0.249 e. The second-order valence-electron chi connectivity index (χ2n) is 16.5. The largest absolute Gasteiger partial charge is 0.394 e. The molecule has 1 fully saturated rings. The van der Waals surface area contributed by atoms with Crippen LogP contribution in [0.15, 0.2) is 0 Å².